The fraction of sp³-hybridized carbons (Fsp3) is 0.438. The van der Waals surface area contributed by atoms with Gasteiger partial charge in [0.25, 0.3) is 0 Å². The lowest BCUT2D eigenvalue weighted by Gasteiger charge is -2.19. The number of nitrogens with two attached hydrogens (primary N) is 1. The van der Waals surface area contributed by atoms with Crippen LogP contribution in [-0.2, 0) is 25.8 Å². The van der Waals surface area contributed by atoms with E-state index in [0.717, 1.165) is 36.6 Å². The number of aryl methyl sites for hydroxylation is 2. The molecule has 116 valence electrons. The summed E-state index contributed by atoms with van der Waals surface area (Å²) in [7, 11) is 0. The van der Waals surface area contributed by atoms with Crippen molar-refractivity contribution in [3.05, 3.63) is 41.0 Å². The third-order valence-corrected chi connectivity index (χ3v) is 3.95. The Morgan fingerprint density at radius 2 is 2.23 bits per heavy atom. The van der Waals surface area contributed by atoms with Crippen molar-refractivity contribution in [1.82, 2.24) is 15.2 Å². The van der Waals surface area contributed by atoms with E-state index in [4.69, 9.17) is 5.73 Å². The van der Waals surface area contributed by atoms with Gasteiger partial charge in [-0.15, -0.1) is 0 Å². The smallest absolute Gasteiger partial charge is 0.193 e. The molecule has 0 amide bonds. The molecule has 4 N–H and O–H groups in total. The Morgan fingerprint density at radius 3 is 3.05 bits per heavy atom. The minimum absolute atomic E-state index is 0.404. The van der Waals surface area contributed by atoms with Crippen LogP contribution in [0.2, 0.25) is 0 Å². The van der Waals surface area contributed by atoms with Crippen LogP contribution in [0.1, 0.15) is 42.5 Å². The predicted octanol–water partition coefficient (Wildman–Crippen LogP) is 2.17. The summed E-state index contributed by atoms with van der Waals surface area (Å²) in [6, 6.07) is 6.34. The van der Waals surface area contributed by atoms with Crippen LogP contribution in [0, 0.1) is 0 Å². The fourth-order valence-corrected chi connectivity index (χ4v) is 2.80. The lowest BCUT2D eigenvalue weighted by molar-refractivity contribution is 0.687. The third-order valence-electron chi connectivity index (χ3n) is 3.95. The molecule has 0 unspecified atom stereocenters. The number of nitrogens with zero attached hydrogens (tertiary/aromatic N) is 3. The molecule has 0 bridgehead atoms. The number of guanidine groups is 1. The lowest BCUT2D eigenvalue weighted by Crippen LogP contribution is -2.24. The Balaban J connectivity index is 1.68. The summed E-state index contributed by atoms with van der Waals surface area (Å²) in [6.45, 7) is 2.42. The van der Waals surface area contributed by atoms with E-state index in [-0.39, 0.29) is 0 Å². The highest BCUT2D eigenvalue weighted by atomic mass is 15.2. The van der Waals surface area contributed by atoms with Crippen LogP contribution >= 0.6 is 0 Å². The van der Waals surface area contributed by atoms with Crippen molar-refractivity contribution < 1.29 is 0 Å². The van der Waals surface area contributed by atoms with Gasteiger partial charge in [0.2, 0.25) is 0 Å². The molecule has 22 heavy (non-hydrogen) atoms. The average Bonchev–Trinajstić information content (AvgIpc) is 3.01. The van der Waals surface area contributed by atoms with Crippen LogP contribution in [0.15, 0.2) is 23.2 Å². The molecular formula is C16H22N6. The number of fused-ring (bicyclic) bond motifs is 1. The first kappa shape index (κ1) is 14.6. The number of hydrogen-bond acceptors (Lipinski definition) is 3. The number of aromatic amines is 1. The Bertz CT molecular complexity index is 673. The van der Waals surface area contributed by atoms with Gasteiger partial charge in [0.1, 0.15) is 12.4 Å². The molecule has 6 nitrogen and oxygen atoms in total. The van der Waals surface area contributed by atoms with Crippen molar-refractivity contribution in [2.45, 2.75) is 45.6 Å². The zero-order valence-electron chi connectivity index (χ0n) is 12.9. The van der Waals surface area contributed by atoms with Crippen molar-refractivity contribution in [3.8, 4) is 0 Å². The third kappa shape index (κ3) is 3.27. The molecule has 1 aromatic heterocycles. The molecule has 1 aromatic carbocycles. The van der Waals surface area contributed by atoms with Crippen molar-refractivity contribution >= 4 is 11.6 Å². The van der Waals surface area contributed by atoms with Gasteiger partial charge in [-0.25, -0.2) is 9.98 Å². The second-order valence-corrected chi connectivity index (χ2v) is 5.53. The first-order valence-electron chi connectivity index (χ1n) is 7.84. The van der Waals surface area contributed by atoms with E-state index in [1.165, 1.54) is 24.0 Å². The van der Waals surface area contributed by atoms with Gasteiger partial charge in [0.15, 0.2) is 11.8 Å². The summed E-state index contributed by atoms with van der Waals surface area (Å²) in [6.07, 6.45) is 5.57. The maximum atomic E-state index is 6.00. The van der Waals surface area contributed by atoms with E-state index in [1.54, 1.807) is 0 Å². The van der Waals surface area contributed by atoms with Gasteiger partial charge in [-0.05, 0) is 42.9 Å². The maximum absolute atomic E-state index is 6.00. The van der Waals surface area contributed by atoms with Crippen molar-refractivity contribution in [3.63, 3.8) is 0 Å². The van der Waals surface area contributed by atoms with Crippen LogP contribution in [0.25, 0.3) is 0 Å². The second-order valence-electron chi connectivity index (χ2n) is 5.53. The number of aliphatic imine (C=N–C) groups is 1. The molecule has 6 heteroatoms. The van der Waals surface area contributed by atoms with Crippen LogP contribution in [0.5, 0.6) is 0 Å². The van der Waals surface area contributed by atoms with E-state index >= 15 is 0 Å². The molecule has 0 saturated carbocycles. The predicted molar refractivity (Wildman–Crippen MR) is 87.8 cm³/mol. The molecule has 0 atom stereocenters. The standard InChI is InChI=1S/C16H22N6/c1-2-14-20-15(22-21-14)10-18-16(17)19-13-9-5-7-11-6-3-4-8-12(11)13/h5,7,9H,2-4,6,8,10H2,1H3,(H3,17,18,19)(H,20,21,22). The van der Waals surface area contributed by atoms with Crippen molar-refractivity contribution in [2.24, 2.45) is 10.7 Å². The van der Waals surface area contributed by atoms with Gasteiger partial charge in [-0.3, -0.25) is 5.10 Å². The average molecular weight is 298 g/mol. The van der Waals surface area contributed by atoms with E-state index in [9.17, 15) is 0 Å². The van der Waals surface area contributed by atoms with Crippen molar-refractivity contribution in [1.29, 1.82) is 0 Å². The zero-order chi connectivity index (χ0) is 15.4. The monoisotopic (exact) mass is 298 g/mol. The van der Waals surface area contributed by atoms with Gasteiger partial charge in [-0.2, -0.15) is 5.10 Å². The number of hydrogen-bond donors (Lipinski definition) is 3. The molecule has 0 radical (unpaired) electrons. The topological polar surface area (TPSA) is 92.0 Å². The number of H-pyrrole nitrogens is 1. The van der Waals surface area contributed by atoms with E-state index in [2.05, 4.69) is 43.7 Å². The number of aromatic nitrogens is 3. The van der Waals surface area contributed by atoms with Crippen LogP contribution in [-0.4, -0.2) is 21.1 Å². The molecular weight excluding hydrogens is 276 g/mol. The summed E-state index contributed by atoms with van der Waals surface area (Å²) >= 11 is 0. The minimum Gasteiger partial charge on any atom is -0.370 e. The summed E-state index contributed by atoms with van der Waals surface area (Å²) in [5.41, 5.74) is 9.88. The quantitative estimate of drug-likeness (QED) is 0.596. The van der Waals surface area contributed by atoms with Gasteiger partial charge in [0.05, 0.1) is 0 Å². The van der Waals surface area contributed by atoms with Crippen LogP contribution in [0.3, 0.4) is 0 Å². The fourth-order valence-electron chi connectivity index (χ4n) is 2.80. The second kappa shape index (κ2) is 6.60. The Kier molecular flexibility index (Phi) is 4.37. The largest absolute Gasteiger partial charge is 0.370 e. The number of anilines is 1. The Morgan fingerprint density at radius 1 is 1.36 bits per heavy atom. The first-order valence-corrected chi connectivity index (χ1v) is 7.84. The normalized spacial score (nSPS) is 14.7. The summed E-state index contributed by atoms with van der Waals surface area (Å²) in [4.78, 5) is 8.66. The summed E-state index contributed by atoms with van der Waals surface area (Å²) < 4.78 is 0. The Labute approximate surface area is 130 Å². The zero-order valence-corrected chi connectivity index (χ0v) is 12.9. The summed E-state index contributed by atoms with van der Waals surface area (Å²) in [5.74, 6) is 1.94. The molecule has 0 fully saturated rings. The highest BCUT2D eigenvalue weighted by Gasteiger charge is 2.13. The maximum Gasteiger partial charge on any atom is 0.193 e. The number of rotatable bonds is 4. The number of nitrogens with one attached hydrogen (secondary N) is 2. The molecule has 1 aliphatic carbocycles. The minimum atomic E-state index is 0.404. The highest BCUT2D eigenvalue weighted by molar-refractivity contribution is 5.93. The van der Waals surface area contributed by atoms with Crippen LogP contribution < -0.4 is 11.1 Å². The van der Waals surface area contributed by atoms with E-state index in [0.29, 0.717) is 12.5 Å². The van der Waals surface area contributed by atoms with E-state index < -0.39 is 0 Å². The Hall–Kier alpha value is -2.37. The molecule has 2 aromatic rings. The molecule has 0 saturated heterocycles. The molecule has 1 heterocycles. The SMILES string of the molecule is CCc1n[nH]c(CN=C(N)Nc2cccc3c2CCCC3)n1. The van der Waals surface area contributed by atoms with Gasteiger partial charge in [0, 0.05) is 12.1 Å². The lowest BCUT2D eigenvalue weighted by atomic mass is 9.90. The van der Waals surface area contributed by atoms with Gasteiger partial charge in [-0.1, -0.05) is 19.1 Å². The highest BCUT2D eigenvalue weighted by Crippen LogP contribution is 2.27. The number of benzene rings is 1. The molecule has 0 aliphatic heterocycles. The van der Waals surface area contributed by atoms with E-state index in [1.807, 2.05) is 6.92 Å². The molecule has 3 rings (SSSR count). The summed E-state index contributed by atoms with van der Waals surface area (Å²) in [5, 5.41) is 10.2. The van der Waals surface area contributed by atoms with Gasteiger partial charge >= 0.3 is 0 Å². The first-order chi connectivity index (χ1) is 10.8. The molecule has 0 spiro atoms. The van der Waals surface area contributed by atoms with Crippen molar-refractivity contribution in [2.75, 3.05) is 5.32 Å². The molecule has 1 aliphatic rings. The van der Waals surface area contributed by atoms with Gasteiger partial charge < -0.3 is 11.1 Å². The van der Waals surface area contributed by atoms with Crippen LogP contribution in [0.4, 0.5) is 5.69 Å².